The third-order valence-corrected chi connectivity index (χ3v) is 5.84. The predicted octanol–water partition coefficient (Wildman–Crippen LogP) is 6.24. The molecule has 0 aliphatic heterocycles. The minimum absolute atomic E-state index is 0.0673. The van der Waals surface area contributed by atoms with Crippen LogP contribution in [-0.2, 0) is 12.8 Å². The summed E-state index contributed by atoms with van der Waals surface area (Å²) in [6, 6.07) is 26.4. The van der Waals surface area contributed by atoms with Crippen molar-refractivity contribution in [2.75, 3.05) is 5.32 Å². The van der Waals surface area contributed by atoms with Crippen LogP contribution in [0.2, 0.25) is 0 Å². The largest absolute Gasteiger partial charge is 0.377 e. The van der Waals surface area contributed by atoms with Gasteiger partial charge < -0.3 is 5.32 Å². The number of aryl methyl sites for hydroxylation is 1. The zero-order chi connectivity index (χ0) is 19.3. The summed E-state index contributed by atoms with van der Waals surface area (Å²) in [4.78, 5) is 13.2. The van der Waals surface area contributed by atoms with Crippen LogP contribution in [0, 0.1) is 5.92 Å². The van der Waals surface area contributed by atoms with E-state index in [0.29, 0.717) is 0 Å². The molecule has 1 aliphatic carbocycles. The van der Waals surface area contributed by atoms with E-state index in [9.17, 15) is 4.79 Å². The second-order valence-corrected chi connectivity index (χ2v) is 7.70. The number of rotatable bonds is 6. The van der Waals surface area contributed by atoms with E-state index in [0.717, 1.165) is 24.0 Å². The van der Waals surface area contributed by atoms with E-state index in [-0.39, 0.29) is 17.7 Å². The Morgan fingerprint density at radius 2 is 1.50 bits per heavy atom. The maximum atomic E-state index is 13.2. The minimum Gasteiger partial charge on any atom is -0.377 e. The van der Waals surface area contributed by atoms with Crippen molar-refractivity contribution in [3.63, 3.8) is 0 Å². The van der Waals surface area contributed by atoms with Gasteiger partial charge in [0.05, 0.1) is 6.04 Å². The van der Waals surface area contributed by atoms with Crippen LogP contribution >= 0.6 is 0 Å². The molecule has 0 bridgehead atoms. The Bertz CT molecular complexity index is 933. The molecule has 2 unspecified atom stereocenters. The van der Waals surface area contributed by atoms with Gasteiger partial charge in [-0.1, -0.05) is 79.7 Å². The van der Waals surface area contributed by atoms with Gasteiger partial charge in [-0.3, -0.25) is 4.79 Å². The Morgan fingerprint density at radius 1 is 0.821 bits per heavy atom. The van der Waals surface area contributed by atoms with Crippen LogP contribution in [0.1, 0.15) is 52.9 Å². The number of Topliss-reactive ketones (excluding diaryl/α,β-unsaturated/α-hetero) is 1. The van der Waals surface area contributed by atoms with Gasteiger partial charge >= 0.3 is 0 Å². The summed E-state index contributed by atoms with van der Waals surface area (Å²) < 4.78 is 0. The zero-order valence-electron chi connectivity index (χ0n) is 16.4. The van der Waals surface area contributed by atoms with Crippen LogP contribution in [0.15, 0.2) is 78.9 Å². The number of nitrogens with one attached hydrogen (secondary N) is 1. The third kappa shape index (κ3) is 3.87. The van der Waals surface area contributed by atoms with Crippen LogP contribution in [0.3, 0.4) is 0 Å². The molecule has 28 heavy (non-hydrogen) atoms. The summed E-state index contributed by atoms with van der Waals surface area (Å²) in [5.41, 5.74) is 5.97. The first kappa shape index (κ1) is 18.5. The van der Waals surface area contributed by atoms with Crippen molar-refractivity contribution in [2.45, 2.75) is 38.6 Å². The molecule has 4 rings (SSSR count). The number of hydrogen-bond acceptors (Lipinski definition) is 2. The monoisotopic (exact) mass is 369 g/mol. The van der Waals surface area contributed by atoms with Gasteiger partial charge in [-0.05, 0) is 48.4 Å². The lowest BCUT2D eigenvalue weighted by atomic mass is 9.86. The highest BCUT2D eigenvalue weighted by Crippen LogP contribution is 2.34. The molecule has 0 fully saturated rings. The van der Waals surface area contributed by atoms with Gasteiger partial charge in [0.1, 0.15) is 0 Å². The predicted molar refractivity (Wildman–Crippen MR) is 116 cm³/mol. The van der Waals surface area contributed by atoms with Crippen molar-refractivity contribution in [3.8, 4) is 0 Å². The Kier molecular flexibility index (Phi) is 5.57. The normalized spacial score (nSPS) is 15.3. The molecule has 0 heterocycles. The van der Waals surface area contributed by atoms with Gasteiger partial charge in [-0.2, -0.15) is 0 Å². The summed E-state index contributed by atoms with van der Waals surface area (Å²) in [6.07, 6.45) is 4.77. The number of fused-ring (bicyclic) bond motifs is 1. The minimum atomic E-state index is -0.177. The first-order valence-electron chi connectivity index (χ1n) is 10.3. The number of carbonyl (C=O) groups excluding carboxylic acids is 1. The first-order chi connectivity index (χ1) is 13.7. The molecule has 3 aromatic carbocycles. The average Bonchev–Trinajstić information content (AvgIpc) is 2.78. The zero-order valence-corrected chi connectivity index (χ0v) is 16.4. The Morgan fingerprint density at radius 3 is 2.25 bits per heavy atom. The fraction of sp³-hybridized carbons (Fsp3) is 0.269. The van der Waals surface area contributed by atoms with E-state index >= 15 is 0 Å². The van der Waals surface area contributed by atoms with Crippen molar-refractivity contribution in [1.82, 2.24) is 0 Å². The summed E-state index contributed by atoms with van der Waals surface area (Å²) in [5, 5.41) is 3.75. The summed E-state index contributed by atoms with van der Waals surface area (Å²) in [6.45, 7) is 2.04. The SMILES string of the molecule is CC(C(=O)c1ccccc1)C(Nc1cccc2c1CCCC2)c1ccccc1. The van der Waals surface area contributed by atoms with Crippen molar-refractivity contribution in [1.29, 1.82) is 0 Å². The smallest absolute Gasteiger partial charge is 0.168 e. The lowest BCUT2D eigenvalue weighted by Crippen LogP contribution is -2.26. The summed E-state index contributed by atoms with van der Waals surface area (Å²) in [5.74, 6) is -0.00371. The van der Waals surface area contributed by atoms with E-state index in [1.165, 1.54) is 29.7 Å². The molecule has 0 spiro atoms. The van der Waals surface area contributed by atoms with Crippen molar-refractivity contribution < 1.29 is 4.79 Å². The molecule has 0 radical (unpaired) electrons. The van der Waals surface area contributed by atoms with Crippen molar-refractivity contribution >= 4 is 11.5 Å². The molecule has 3 aromatic rings. The standard InChI is InChI=1S/C26H27NO/c1-19(26(28)22-14-6-3-7-15-22)25(21-12-4-2-5-13-21)27-24-18-10-16-20-11-8-9-17-23(20)24/h2-7,10,12-16,18-19,25,27H,8-9,11,17H2,1H3. The lowest BCUT2D eigenvalue weighted by Gasteiger charge is -2.29. The first-order valence-corrected chi connectivity index (χ1v) is 10.3. The van der Waals surface area contributed by atoms with Crippen LogP contribution in [-0.4, -0.2) is 5.78 Å². The molecule has 0 saturated carbocycles. The molecule has 0 amide bonds. The Balaban J connectivity index is 1.68. The van der Waals surface area contributed by atoms with Crippen molar-refractivity contribution in [2.24, 2.45) is 5.92 Å². The fourth-order valence-corrected chi connectivity index (χ4v) is 4.26. The summed E-state index contributed by atoms with van der Waals surface area (Å²) in [7, 11) is 0. The number of carbonyl (C=O) groups is 1. The second kappa shape index (κ2) is 8.43. The quantitative estimate of drug-likeness (QED) is 0.521. The molecule has 142 valence electrons. The van der Waals surface area contributed by atoms with Gasteiger partial charge in [0.25, 0.3) is 0 Å². The molecular formula is C26H27NO. The summed E-state index contributed by atoms with van der Waals surface area (Å²) >= 11 is 0. The van der Waals surface area contributed by atoms with Gasteiger partial charge in [0, 0.05) is 17.2 Å². The molecule has 2 atom stereocenters. The van der Waals surface area contributed by atoms with Gasteiger partial charge in [0.15, 0.2) is 5.78 Å². The average molecular weight is 370 g/mol. The third-order valence-electron chi connectivity index (χ3n) is 5.84. The van der Waals surface area contributed by atoms with Crippen LogP contribution in [0.5, 0.6) is 0 Å². The van der Waals surface area contributed by atoms with Crippen molar-refractivity contribution in [3.05, 3.63) is 101 Å². The maximum Gasteiger partial charge on any atom is 0.168 e. The Hall–Kier alpha value is -2.87. The van der Waals surface area contributed by atoms with Crippen LogP contribution in [0.25, 0.3) is 0 Å². The molecule has 0 saturated heterocycles. The number of anilines is 1. The number of hydrogen-bond donors (Lipinski definition) is 1. The lowest BCUT2D eigenvalue weighted by molar-refractivity contribution is 0.0917. The highest BCUT2D eigenvalue weighted by molar-refractivity contribution is 5.98. The fourth-order valence-electron chi connectivity index (χ4n) is 4.26. The number of ketones is 1. The van der Waals surface area contributed by atoms with E-state index < -0.39 is 0 Å². The molecular weight excluding hydrogens is 342 g/mol. The molecule has 2 nitrogen and oxygen atoms in total. The molecule has 1 aliphatic rings. The highest BCUT2D eigenvalue weighted by Gasteiger charge is 2.27. The maximum absolute atomic E-state index is 13.2. The number of benzene rings is 3. The highest BCUT2D eigenvalue weighted by atomic mass is 16.1. The van der Waals surface area contributed by atoms with E-state index in [1.807, 2.05) is 55.5 Å². The van der Waals surface area contributed by atoms with E-state index in [2.05, 4.69) is 35.6 Å². The van der Waals surface area contributed by atoms with E-state index in [1.54, 1.807) is 0 Å². The molecule has 2 heteroatoms. The topological polar surface area (TPSA) is 29.1 Å². The second-order valence-electron chi connectivity index (χ2n) is 7.70. The van der Waals surface area contributed by atoms with E-state index in [4.69, 9.17) is 0 Å². The molecule has 0 aromatic heterocycles. The van der Waals surface area contributed by atoms with Gasteiger partial charge in [-0.15, -0.1) is 0 Å². The van der Waals surface area contributed by atoms with Gasteiger partial charge in [0.2, 0.25) is 0 Å². The van der Waals surface area contributed by atoms with Crippen LogP contribution in [0.4, 0.5) is 5.69 Å². The molecule has 1 N–H and O–H groups in total. The Labute approximate surface area is 167 Å². The van der Waals surface area contributed by atoms with Crippen LogP contribution < -0.4 is 5.32 Å². The van der Waals surface area contributed by atoms with Gasteiger partial charge in [-0.25, -0.2) is 0 Å².